The second kappa shape index (κ2) is 6.49. The molecule has 2 unspecified atom stereocenters. The van der Waals surface area contributed by atoms with E-state index in [4.69, 9.17) is 5.10 Å². The SMILES string of the molecule is C=C1C(C)C(C(C)C#CC)=NN1[C@H](C)c1ccc(Br)cc1. The normalized spacial score (nSPS) is 20.6. The van der Waals surface area contributed by atoms with Gasteiger partial charge >= 0.3 is 0 Å². The second-order valence-corrected chi connectivity index (χ2v) is 6.34. The fraction of sp³-hybridized carbons (Fsp3) is 0.389. The molecule has 21 heavy (non-hydrogen) atoms. The van der Waals surface area contributed by atoms with Crippen molar-refractivity contribution in [3.8, 4) is 11.8 Å². The van der Waals surface area contributed by atoms with Gasteiger partial charge in [0, 0.05) is 16.1 Å². The predicted molar refractivity (Wildman–Crippen MR) is 92.7 cm³/mol. The Labute approximate surface area is 136 Å². The molecule has 2 nitrogen and oxygen atoms in total. The number of hydrogen-bond donors (Lipinski definition) is 0. The third-order valence-corrected chi connectivity index (χ3v) is 4.51. The molecule has 0 spiro atoms. The van der Waals surface area contributed by atoms with Crippen LogP contribution in [0.5, 0.6) is 0 Å². The number of rotatable bonds is 3. The van der Waals surface area contributed by atoms with E-state index in [0.29, 0.717) is 0 Å². The summed E-state index contributed by atoms with van der Waals surface area (Å²) in [5.74, 6) is 6.59. The summed E-state index contributed by atoms with van der Waals surface area (Å²) in [5.41, 5.74) is 3.38. The monoisotopic (exact) mass is 344 g/mol. The van der Waals surface area contributed by atoms with Crippen molar-refractivity contribution >= 4 is 21.6 Å². The van der Waals surface area contributed by atoms with Crippen molar-refractivity contribution in [2.75, 3.05) is 0 Å². The fourth-order valence-electron chi connectivity index (χ4n) is 2.61. The summed E-state index contributed by atoms with van der Waals surface area (Å²) in [5, 5.41) is 6.84. The Balaban J connectivity index is 2.28. The zero-order valence-electron chi connectivity index (χ0n) is 13.0. The van der Waals surface area contributed by atoms with Gasteiger partial charge in [0.15, 0.2) is 0 Å². The molecular weight excluding hydrogens is 324 g/mol. The molecule has 3 atom stereocenters. The first-order valence-electron chi connectivity index (χ1n) is 7.19. The Morgan fingerprint density at radius 1 is 1.29 bits per heavy atom. The number of nitrogens with zero attached hydrogens (tertiary/aromatic N) is 2. The van der Waals surface area contributed by atoms with E-state index in [0.717, 1.165) is 15.9 Å². The molecule has 0 bridgehead atoms. The van der Waals surface area contributed by atoms with Crippen LogP contribution in [0.25, 0.3) is 0 Å². The Morgan fingerprint density at radius 3 is 2.48 bits per heavy atom. The molecule has 1 aromatic carbocycles. The number of benzene rings is 1. The number of hydrazone groups is 1. The van der Waals surface area contributed by atoms with Gasteiger partial charge in [-0.25, -0.2) is 0 Å². The van der Waals surface area contributed by atoms with E-state index in [-0.39, 0.29) is 17.9 Å². The first-order chi connectivity index (χ1) is 9.95. The molecule has 0 radical (unpaired) electrons. The highest BCUT2D eigenvalue weighted by molar-refractivity contribution is 9.10. The fourth-order valence-corrected chi connectivity index (χ4v) is 2.88. The van der Waals surface area contributed by atoms with Gasteiger partial charge < -0.3 is 0 Å². The molecule has 0 saturated heterocycles. The minimum atomic E-state index is 0.170. The third-order valence-electron chi connectivity index (χ3n) is 3.98. The molecule has 0 N–H and O–H groups in total. The maximum Gasteiger partial charge on any atom is 0.0743 e. The molecule has 3 heteroatoms. The quantitative estimate of drug-likeness (QED) is 0.705. The van der Waals surface area contributed by atoms with Gasteiger partial charge in [0.05, 0.1) is 17.7 Å². The van der Waals surface area contributed by atoms with Gasteiger partial charge in [-0.15, -0.1) is 5.92 Å². The molecule has 0 saturated carbocycles. The van der Waals surface area contributed by atoms with Crippen LogP contribution in [0.3, 0.4) is 0 Å². The summed E-state index contributed by atoms with van der Waals surface area (Å²) in [6.45, 7) is 12.5. The van der Waals surface area contributed by atoms with Gasteiger partial charge in [-0.1, -0.05) is 47.5 Å². The van der Waals surface area contributed by atoms with E-state index in [1.54, 1.807) is 0 Å². The first kappa shape index (κ1) is 15.9. The molecular formula is C18H21BrN2. The summed E-state index contributed by atoms with van der Waals surface area (Å²) in [7, 11) is 0. The summed E-state index contributed by atoms with van der Waals surface area (Å²) in [6.07, 6.45) is 0. The van der Waals surface area contributed by atoms with Crippen LogP contribution in [-0.2, 0) is 0 Å². The zero-order chi connectivity index (χ0) is 15.6. The standard InChI is InChI=1S/C18H21BrN2/c1-6-7-12(2)18-13(3)14(4)21(20-18)15(5)16-8-10-17(19)11-9-16/h8-13,15H,4H2,1-3,5H3/t12?,13?,15-/m1/s1. The number of halogens is 1. The van der Waals surface area contributed by atoms with Crippen LogP contribution in [0.1, 0.15) is 39.3 Å². The van der Waals surface area contributed by atoms with Crippen LogP contribution < -0.4 is 0 Å². The summed E-state index contributed by atoms with van der Waals surface area (Å²) in [6, 6.07) is 8.53. The van der Waals surface area contributed by atoms with E-state index in [2.05, 4.69) is 79.4 Å². The van der Waals surface area contributed by atoms with E-state index in [9.17, 15) is 0 Å². The highest BCUT2D eigenvalue weighted by Crippen LogP contribution is 2.35. The lowest BCUT2D eigenvalue weighted by atomic mass is 9.93. The molecule has 0 aliphatic carbocycles. The van der Waals surface area contributed by atoms with Crippen molar-refractivity contribution in [1.29, 1.82) is 0 Å². The van der Waals surface area contributed by atoms with Gasteiger partial charge in [-0.2, -0.15) is 5.10 Å². The number of hydrogen-bond acceptors (Lipinski definition) is 2. The average Bonchev–Trinajstić information content (AvgIpc) is 2.76. The van der Waals surface area contributed by atoms with Crippen molar-refractivity contribution in [3.63, 3.8) is 0 Å². The molecule has 2 rings (SSSR count). The molecule has 0 amide bonds. The summed E-state index contributed by atoms with van der Waals surface area (Å²) < 4.78 is 1.09. The maximum absolute atomic E-state index is 4.80. The highest BCUT2D eigenvalue weighted by Gasteiger charge is 2.32. The van der Waals surface area contributed by atoms with Crippen molar-refractivity contribution in [2.24, 2.45) is 16.9 Å². The average molecular weight is 345 g/mol. The number of allylic oxidation sites excluding steroid dienone is 1. The largest absolute Gasteiger partial charge is 0.262 e. The molecule has 1 aliphatic rings. The lowest BCUT2D eigenvalue weighted by Crippen LogP contribution is -2.19. The van der Waals surface area contributed by atoms with Crippen molar-refractivity contribution in [1.82, 2.24) is 5.01 Å². The lowest BCUT2D eigenvalue weighted by molar-refractivity contribution is 0.290. The van der Waals surface area contributed by atoms with E-state index < -0.39 is 0 Å². The Hall–Kier alpha value is -1.53. The topological polar surface area (TPSA) is 15.6 Å². The molecule has 1 aliphatic heterocycles. The zero-order valence-corrected chi connectivity index (χ0v) is 14.6. The molecule has 1 aromatic rings. The van der Waals surface area contributed by atoms with E-state index in [1.165, 1.54) is 5.56 Å². The third kappa shape index (κ3) is 3.22. The van der Waals surface area contributed by atoms with Crippen molar-refractivity contribution < 1.29 is 0 Å². The van der Waals surface area contributed by atoms with Gasteiger partial charge in [0.25, 0.3) is 0 Å². The van der Waals surface area contributed by atoms with Crippen LogP contribution in [0.15, 0.2) is 46.1 Å². The second-order valence-electron chi connectivity index (χ2n) is 5.43. The van der Waals surface area contributed by atoms with Crippen LogP contribution >= 0.6 is 15.9 Å². The van der Waals surface area contributed by atoms with Gasteiger partial charge in [0.1, 0.15) is 0 Å². The van der Waals surface area contributed by atoms with Crippen LogP contribution in [-0.4, -0.2) is 10.7 Å². The summed E-state index contributed by atoms with van der Waals surface area (Å²) in [4.78, 5) is 0. The minimum Gasteiger partial charge on any atom is -0.262 e. The molecule has 0 fully saturated rings. The van der Waals surface area contributed by atoms with Crippen LogP contribution in [0.4, 0.5) is 0 Å². The van der Waals surface area contributed by atoms with Crippen molar-refractivity contribution in [3.05, 3.63) is 46.6 Å². The van der Waals surface area contributed by atoms with Gasteiger partial charge in [-0.05, 0) is 38.5 Å². The molecule has 1 heterocycles. The minimum absolute atomic E-state index is 0.170. The Bertz CT molecular complexity index is 619. The predicted octanol–water partition coefficient (Wildman–Crippen LogP) is 4.99. The molecule has 0 aromatic heterocycles. The van der Waals surface area contributed by atoms with Crippen LogP contribution in [0.2, 0.25) is 0 Å². The summed E-state index contributed by atoms with van der Waals surface area (Å²) >= 11 is 3.47. The lowest BCUT2D eigenvalue weighted by Gasteiger charge is -2.25. The smallest absolute Gasteiger partial charge is 0.0743 e. The molecule has 110 valence electrons. The Kier molecular flexibility index (Phi) is 4.90. The van der Waals surface area contributed by atoms with Crippen molar-refractivity contribution in [2.45, 2.75) is 33.7 Å². The highest BCUT2D eigenvalue weighted by atomic mass is 79.9. The van der Waals surface area contributed by atoms with Crippen LogP contribution in [0, 0.1) is 23.7 Å². The Morgan fingerprint density at radius 2 is 1.90 bits per heavy atom. The first-order valence-corrected chi connectivity index (χ1v) is 7.99. The van der Waals surface area contributed by atoms with Gasteiger partial charge in [-0.3, -0.25) is 5.01 Å². The van der Waals surface area contributed by atoms with E-state index in [1.807, 2.05) is 11.9 Å². The van der Waals surface area contributed by atoms with Gasteiger partial charge in [0.2, 0.25) is 0 Å². The van der Waals surface area contributed by atoms with E-state index >= 15 is 0 Å². The maximum atomic E-state index is 4.80.